The SMILES string of the molecule is Cc1ccc(CN(C)C(C)CC(N)=S)c(Cl)c1. The third-order valence-corrected chi connectivity index (χ3v) is 3.40. The van der Waals surface area contributed by atoms with Gasteiger partial charge in [-0.3, -0.25) is 4.90 Å². The molecule has 0 amide bonds. The first kappa shape index (κ1) is 14.4. The standard InChI is InChI=1S/C13H19ClN2S/c1-9-4-5-11(12(14)6-9)8-16(3)10(2)7-13(15)17/h4-6,10H,7-8H2,1-3H3,(H2,15,17). The lowest BCUT2D eigenvalue weighted by Crippen LogP contribution is -2.32. The second kappa shape index (κ2) is 6.34. The second-order valence-corrected chi connectivity index (χ2v) is 5.46. The van der Waals surface area contributed by atoms with Crippen molar-refractivity contribution in [2.45, 2.75) is 32.9 Å². The Morgan fingerprint density at radius 3 is 2.71 bits per heavy atom. The molecule has 0 saturated carbocycles. The van der Waals surface area contributed by atoms with Gasteiger partial charge >= 0.3 is 0 Å². The van der Waals surface area contributed by atoms with Gasteiger partial charge in [0.2, 0.25) is 0 Å². The molecule has 0 aliphatic heterocycles. The van der Waals surface area contributed by atoms with Crippen LogP contribution in [0.1, 0.15) is 24.5 Å². The van der Waals surface area contributed by atoms with Gasteiger partial charge in [0.25, 0.3) is 0 Å². The zero-order valence-corrected chi connectivity index (χ0v) is 12.1. The number of hydrogen-bond donors (Lipinski definition) is 1. The van der Waals surface area contributed by atoms with Crippen molar-refractivity contribution in [1.82, 2.24) is 4.90 Å². The summed E-state index contributed by atoms with van der Waals surface area (Å²) in [7, 11) is 2.05. The summed E-state index contributed by atoms with van der Waals surface area (Å²) in [6.45, 7) is 4.96. The number of aryl methyl sites for hydroxylation is 1. The molecule has 0 heterocycles. The van der Waals surface area contributed by atoms with Gasteiger partial charge in [-0.15, -0.1) is 0 Å². The van der Waals surface area contributed by atoms with Gasteiger partial charge in [0.15, 0.2) is 0 Å². The maximum absolute atomic E-state index is 6.21. The highest BCUT2D eigenvalue weighted by Crippen LogP contribution is 2.20. The lowest BCUT2D eigenvalue weighted by Gasteiger charge is -2.24. The molecule has 2 nitrogen and oxygen atoms in total. The summed E-state index contributed by atoms with van der Waals surface area (Å²) in [6, 6.07) is 6.46. The normalized spacial score (nSPS) is 12.8. The highest BCUT2D eigenvalue weighted by Gasteiger charge is 2.12. The van der Waals surface area contributed by atoms with Crippen LogP contribution in [0.15, 0.2) is 18.2 Å². The Bertz CT molecular complexity index is 406. The fourth-order valence-corrected chi connectivity index (χ4v) is 2.19. The van der Waals surface area contributed by atoms with Crippen molar-refractivity contribution in [2.24, 2.45) is 5.73 Å². The predicted molar refractivity (Wildman–Crippen MR) is 78.5 cm³/mol. The van der Waals surface area contributed by atoms with Gasteiger partial charge in [-0.25, -0.2) is 0 Å². The molecule has 0 spiro atoms. The molecule has 0 fully saturated rings. The minimum Gasteiger partial charge on any atom is -0.393 e. The average Bonchev–Trinajstić information content (AvgIpc) is 2.21. The first-order valence-corrected chi connectivity index (χ1v) is 6.42. The van der Waals surface area contributed by atoms with Crippen molar-refractivity contribution in [3.05, 3.63) is 34.3 Å². The van der Waals surface area contributed by atoms with Crippen molar-refractivity contribution in [2.75, 3.05) is 7.05 Å². The molecule has 1 aromatic rings. The molecule has 0 aliphatic carbocycles. The van der Waals surface area contributed by atoms with Crippen molar-refractivity contribution >= 4 is 28.8 Å². The number of nitrogens with zero attached hydrogens (tertiary/aromatic N) is 1. The number of hydrogen-bond acceptors (Lipinski definition) is 2. The van der Waals surface area contributed by atoms with Gasteiger partial charge in [-0.05, 0) is 38.1 Å². The van der Waals surface area contributed by atoms with Crippen LogP contribution in [-0.2, 0) is 6.54 Å². The molecule has 1 aromatic carbocycles. The quantitative estimate of drug-likeness (QED) is 0.834. The van der Waals surface area contributed by atoms with E-state index in [0.717, 1.165) is 23.6 Å². The monoisotopic (exact) mass is 270 g/mol. The average molecular weight is 271 g/mol. The molecule has 1 atom stereocenters. The molecular weight excluding hydrogens is 252 g/mol. The Hall–Kier alpha value is -0.640. The lowest BCUT2D eigenvalue weighted by atomic mass is 10.1. The van der Waals surface area contributed by atoms with E-state index < -0.39 is 0 Å². The molecule has 0 aromatic heterocycles. The molecule has 94 valence electrons. The predicted octanol–water partition coefficient (Wildman–Crippen LogP) is 3.14. The molecule has 1 unspecified atom stereocenters. The second-order valence-electron chi connectivity index (χ2n) is 4.53. The summed E-state index contributed by atoms with van der Waals surface area (Å²) >= 11 is 11.1. The van der Waals surface area contributed by atoms with Gasteiger partial charge in [0.1, 0.15) is 0 Å². The molecule has 2 N–H and O–H groups in total. The molecule has 0 saturated heterocycles. The molecule has 0 bridgehead atoms. The largest absolute Gasteiger partial charge is 0.393 e. The van der Waals surface area contributed by atoms with E-state index in [1.54, 1.807) is 0 Å². The van der Waals surface area contributed by atoms with Crippen molar-refractivity contribution < 1.29 is 0 Å². The summed E-state index contributed by atoms with van der Waals surface area (Å²) < 4.78 is 0. The van der Waals surface area contributed by atoms with Gasteiger partial charge in [-0.1, -0.05) is 36.0 Å². The maximum atomic E-state index is 6.21. The summed E-state index contributed by atoms with van der Waals surface area (Å²) in [5.41, 5.74) is 7.87. The Morgan fingerprint density at radius 1 is 1.53 bits per heavy atom. The number of halogens is 1. The first-order valence-electron chi connectivity index (χ1n) is 5.63. The fraction of sp³-hybridized carbons (Fsp3) is 0.462. The molecular formula is C13H19ClN2S. The Balaban J connectivity index is 2.67. The van der Waals surface area contributed by atoms with E-state index in [0.29, 0.717) is 11.0 Å². The van der Waals surface area contributed by atoms with Crippen molar-refractivity contribution in [3.8, 4) is 0 Å². The lowest BCUT2D eigenvalue weighted by molar-refractivity contribution is 0.255. The van der Waals surface area contributed by atoms with Gasteiger partial charge in [0, 0.05) is 24.0 Å². The maximum Gasteiger partial charge on any atom is 0.0742 e. The van der Waals surface area contributed by atoms with E-state index in [1.165, 1.54) is 5.56 Å². The Kier molecular flexibility index (Phi) is 5.37. The molecule has 17 heavy (non-hydrogen) atoms. The number of benzene rings is 1. The van der Waals surface area contributed by atoms with Gasteiger partial charge in [-0.2, -0.15) is 0 Å². The molecule has 1 rings (SSSR count). The fourth-order valence-electron chi connectivity index (χ4n) is 1.65. The summed E-state index contributed by atoms with van der Waals surface area (Å²) in [4.78, 5) is 2.76. The molecule has 4 heteroatoms. The van der Waals surface area contributed by atoms with Gasteiger partial charge in [0.05, 0.1) is 4.99 Å². The van der Waals surface area contributed by atoms with Crippen LogP contribution < -0.4 is 5.73 Å². The van der Waals surface area contributed by atoms with Crippen molar-refractivity contribution in [1.29, 1.82) is 0 Å². The van der Waals surface area contributed by atoms with Crippen LogP contribution in [0.25, 0.3) is 0 Å². The van der Waals surface area contributed by atoms with Crippen LogP contribution in [-0.4, -0.2) is 23.0 Å². The van der Waals surface area contributed by atoms with Crippen LogP contribution in [0.2, 0.25) is 5.02 Å². The van der Waals surface area contributed by atoms with E-state index in [2.05, 4.69) is 31.0 Å². The Morgan fingerprint density at radius 2 is 2.18 bits per heavy atom. The highest BCUT2D eigenvalue weighted by molar-refractivity contribution is 7.80. The smallest absolute Gasteiger partial charge is 0.0742 e. The van der Waals surface area contributed by atoms with Crippen LogP contribution in [0.5, 0.6) is 0 Å². The van der Waals surface area contributed by atoms with Crippen LogP contribution in [0.4, 0.5) is 0 Å². The topological polar surface area (TPSA) is 29.3 Å². The van der Waals surface area contributed by atoms with E-state index >= 15 is 0 Å². The number of rotatable bonds is 5. The molecule has 0 radical (unpaired) electrons. The van der Waals surface area contributed by atoms with E-state index in [9.17, 15) is 0 Å². The Labute approximate surface area is 114 Å². The van der Waals surface area contributed by atoms with Crippen molar-refractivity contribution in [3.63, 3.8) is 0 Å². The minimum atomic E-state index is 0.324. The van der Waals surface area contributed by atoms with E-state index in [-0.39, 0.29) is 0 Å². The minimum absolute atomic E-state index is 0.324. The zero-order valence-electron chi connectivity index (χ0n) is 10.5. The zero-order chi connectivity index (χ0) is 13.0. The number of thiocarbonyl (C=S) groups is 1. The van der Waals surface area contributed by atoms with Crippen LogP contribution in [0, 0.1) is 6.92 Å². The highest BCUT2D eigenvalue weighted by atomic mass is 35.5. The van der Waals surface area contributed by atoms with Crippen LogP contribution in [0.3, 0.4) is 0 Å². The summed E-state index contributed by atoms with van der Waals surface area (Å²) in [5, 5.41) is 0.819. The summed E-state index contributed by atoms with van der Waals surface area (Å²) in [5.74, 6) is 0. The first-order chi connectivity index (χ1) is 7.90. The number of nitrogens with two attached hydrogens (primary N) is 1. The van der Waals surface area contributed by atoms with E-state index in [1.807, 2.05) is 13.0 Å². The molecule has 0 aliphatic rings. The van der Waals surface area contributed by atoms with E-state index in [4.69, 9.17) is 29.6 Å². The third-order valence-electron chi connectivity index (χ3n) is 2.88. The third kappa shape index (κ3) is 4.62. The van der Waals surface area contributed by atoms with Crippen LogP contribution >= 0.6 is 23.8 Å². The van der Waals surface area contributed by atoms with Gasteiger partial charge < -0.3 is 5.73 Å². The summed E-state index contributed by atoms with van der Waals surface area (Å²) in [6.07, 6.45) is 0.731.